The number of rotatable bonds is 2. The highest BCUT2D eigenvalue weighted by atomic mass is 32.2. The highest BCUT2D eigenvalue weighted by molar-refractivity contribution is 8.00. The third kappa shape index (κ3) is 2.77. The molecule has 2 nitrogen and oxygen atoms in total. The predicted molar refractivity (Wildman–Crippen MR) is 78.7 cm³/mol. The first-order chi connectivity index (χ1) is 8.86. The Labute approximate surface area is 115 Å². The maximum atomic E-state index is 5.47. The molecule has 0 unspecified atom stereocenters. The second kappa shape index (κ2) is 5.96. The van der Waals surface area contributed by atoms with Crippen LogP contribution in [0.4, 0.5) is 0 Å². The summed E-state index contributed by atoms with van der Waals surface area (Å²) in [5.74, 6) is 1.98. The summed E-state index contributed by atoms with van der Waals surface area (Å²) in [6.45, 7) is 0. The fourth-order valence-corrected chi connectivity index (χ4v) is 5.16. The van der Waals surface area contributed by atoms with Crippen LogP contribution in [0.5, 0.6) is 0 Å². The van der Waals surface area contributed by atoms with E-state index in [2.05, 4.69) is 11.8 Å². The number of fused-ring (bicyclic) bond motifs is 1. The zero-order valence-electron chi connectivity index (χ0n) is 11.4. The molecule has 0 aromatic heterocycles. The largest absolute Gasteiger partial charge is 0.381 e. The van der Waals surface area contributed by atoms with Crippen LogP contribution in [-0.2, 0) is 4.74 Å². The Kier molecular flexibility index (Phi) is 4.30. The van der Waals surface area contributed by atoms with Gasteiger partial charge in [-0.3, -0.25) is 4.99 Å². The van der Waals surface area contributed by atoms with Gasteiger partial charge < -0.3 is 4.74 Å². The number of aliphatic imine (C=N–C) groups is 1. The van der Waals surface area contributed by atoms with Gasteiger partial charge in [0.1, 0.15) is 0 Å². The van der Waals surface area contributed by atoms with Gasteiger partial charge in [0, 0.05) is 23.8 Å². The van der Waals surface area contributed by atoms with E-state index in [1.807, 2.05) is 7.11 Å². The molecule has 0 bridgehead atoms. The monoisotopic (exact) mass is 267 g/mol. The first kappa shape index (κ1) is 13.0. The van der Waals surface area contributed by atoms with E-state index < -0.39 is 0 Å². The van der Waals surface area contributed by atoms with Crippen LogP contribution >= 0.6 is 11.8 Å². The van der Waals surface area contributed by atoms with Gasteiger partial charge in [-0.2, -0.15) is 11.8 Å². The molecule has 0 N–H and O–H groups in total. The zero-order valence-corrected chi connectivity index (χ0v) is 12.3. The quantitative estimate of drug-likeness (QED) is 0.761. The number of nitrogens with zero attached hydrogens (tertiary/aromatic N) is 1. The van der Waals surface area contributed by atoms with E-state index in [0.717, 1.165) is 11.2 Å². The lowest BCUT2D eigenvalue weighted by molar-refractivity contribution is 0.0646. The number of hydrogen-bond donors (Lipinski definition) is 0. The lowest BCUT2D eigenvalue weighted by atomic mass is 9.84. The molecular formula is C15H25NOS. The van der Waals surface area contributed by atoms with E-state index in [-0.39, 0.29) is 0 Å². The molecule has 3 rings (SSSR count). The van der Waals surface area contributed by atoms with Crippen molar-refractivity contribution in [3.05, 3.63) is 0 Å². The number of thioether (sulfide) groups is 1. The number of ether oxygens (including phenoxy) is 1. The van der Waals surface area contributed by atoms with Crippen molar-refractivity contribution < 1.29 is 4.74 Å². The van der Waals surface area contributed by atoms with Gasteiger partial charge in [0.25, 0.3) is 0 Å². The van der Waals surface area contributed by atoms with Gasteiger partial charge in [-0.25, -0.2) is 0 Å². The van der Waals surface area contributed by atoms with Gasteiger partial charge >= 0.3 is 0 Å². The lowest BCUT2D eigenvalue weighted by Crippen LogP contribution is -2.36. The third-order valence-corrected chi connectivity index (χ3v) is 6.36. The molecule has 102 valence electrons. The standard InChI is InChI=1S/C15H25NOS/c1-17-12-8-6-11(7-9-12)14-10-18-15-5-3-2-4-13(15)16-14/h11-13,15H,2-10H2,1H3/t11?,12?,13-,15-/m0/s1. The highest BCUT2D eigenvalue weighted by Crippen LogP contribution is 2.37. The van der Waals surface area contributed by atoms with Gasteiger partial charge in [0.05, 0.1) is 12.1 Å². The minimum absolute atomic E-state index is 0.514. The van der Waals surface area contributed by atoms with Crippen LogP contribution in [0.3, 0.4) is 0 Å². The van der Waals surface area contributed by atoms with Gasteiger partial charge in [-0.05, 0) is 44.4 Å². The summed E-state index contributed by atoms with van der Waals surface area (Å²) in [5, 5.41) is 0.845. The maximum Gasteiger partial charge on any atom is 0.0618 e. The second-order valence-electron chi connectivity index (χ2n) is 6.03. The first-order valence-corrected chi connectivity index (χ1v) is 8.62. The molecule has 0 amide bonds. The zero-order chi connectivity index (χ0) is 12.4. The van der Waals surface area contributed by atoms with Crippen molar-refractivity contribution in [1.29, 1.82) is 0 Å². The SMILES string of the molecule is COC1CCC(C2=N[C@H]3CCCC[C@@H]3SC2)CC1. The van der Waals surface area contributed by atoms with Gasteiger partial charge in [-0.1, -0.05) is 12.8 Å². The minimum Gasteiger partial charge on any atom is -0.381 e. The van der Waals surface area contributed by atoms with Crippen LogP contribution in [0, 0.1) is 5.92 Å². The molecule has 1 heterocycles. The van der Waals surface area contributed by atoms with Crippen LogP contribution in [0.25, 0.3) is 0 Å². The Morgan fingerprint density at radius 3 is 2.61 bits per heavy atom. The Balaban J connectivity index is 1.61. The molecule has 3 aliphatic rings. The van der Waals surface area contributed by atoms with E-state index in [1.54, 1.807) is 0 Å². The summed E-state index contributed by atoms with van der Waals surface area (Å²) in [4.78, 5) is 5.13. The molecule has 2 fully saturated rings. The Morgan fingerprint density at radius 2 is 1.83 bits per heavy atom. The molecule has 0 saturated heterocycles. The summed E-state index contributed by atoms with van der Waals surface area (Å²) < 4.78 is 5.47. The molecule has 3 heteroatoms. The molecule has 0 radical (unpaired) electrons. The smallest absolute Gasteiger partial charge is 0.0618 e. The molecular weight excluding hydrogens is 242 g/mol. The summed E-state index contributed by atoms with van der Waals surface area (Å²) in [7, 11) is 1.85. The van der Waals surface area contributed by atoms with E-state index in [4.69, 9.17) is 9.73 Å². The molecule has 0 aromatic rings. The Morgan fingerprint density at radius 1 is 1.06 bits per heavy atom. The van der Waals surface area contributed by atoms with Crippen LogP contribution < -0.4 is 0 Å². The molecule has 2 aliphatic carbocycles. The van der Waals surface area contributed by atoms with Crippen LogP contribution in [0.15, 0.2) is 4.99 Å². The molecule has 2 atom stereocenters. The normalized spacial score (nSPS) is 41.1. The average Bonchev–Trinajstić information content (AvgIpc) is 2.47. The van der Waals surface area contributed by atoms with Gasteiger partial charge in [0.15, 0.2) is 0 Å². The summed E-state index contributed by atoms with van der Waals surface area (Å²) in [6.07, 6.45) is 11.2. The van der Waals surface area contributed by atoms with Crippen LogP contribution in [-0.4, -0.2) is 36.0 Å². The fourth-order valence-electron chi connectivity index (χ4n) is 3.72. The van der Waals surface area contributed by atoms with E-state index in [1.165, 1.54) is 62.8 Å². The molecule has 1 aliphatic heterocycles. The van der Waals surface area contributed by atoms with Crippen molar-refractivity contribution in [1.82, 2.24) is 0 Å². The average molecular weight is 267 g/mol. The second-order valence-corrected chi connectivity index (χ2v) is 7.26. The first-order valence-electron chi connectivity index (χ1n) is 7.58. The van der Waals surface area contributed by atoms with Crippen LogP contribution in [0.2, 0.25) is 0 Å². The van der Waals surface area contributed by atoms with Gasteiger partial charge in [-0.15, -0.1) is 0 Å². The summed E-state index contributed by atoms with van der Waals surface area (Å²) >= 11 is 2.19. The number of methoxy groups -OCH3 is 1. The topological polar surface area (TPSA) is 21.6 Å². The van der Waals surface area contributed by atoms with Crippen molar-refractivity contribution in [2.24, 2.45) is 10.9 Å². The van der Waals surface area contributed by atoms with Crippen molar-refractivity contribution in [3.63, 3.8) is 0 Å². The Bertz CT molecular complexity index is 310. The van der Waals surface area contributed by atoms with E-state index in [9.17, 15) is 0 Å². The molecule has 0 spiro atoms. The van der Waals surface area contributed by atoms with Crippen molar-refractivity contribution >= 4 is 17.5 Å². The summed E-state index contributed by atoms with van der Waals surface area (Å²) in [5.41, 5.74) is 1.54. The van der Waals surface area contributed by atoms with Crippen molar-refractivity contribution in [2.75, 3.05) is 12.9 Å². The Hall–Kier alpha value is -0.0200. The van der Waals surface area contributed by atoms with Crippen molar-refractivity contribution in [2.45, 2.75) is 68.8 Å². The van der Waals surface area contributed by atoms with Crippen LogP contribution in [0.1, 0.15) is 51.4 Å². The van der Waals surface area contributed by atoms with E-state index >= 15 is 0 Å². The molecule has 2 saturated carbocycles. The third-order valence-electron chi connectivity index (χ3n) is 4.92. The minimum atomic E-state index is 0.514. The summed E-state index contributed by atoms with van der Waals surface area (Å²) in [6, 6.07) is 0.660. The van der Waals surface area contributed by atoms with Gasteiger partial charge in [0.2, 0.25) is 0 Å². The lowest BCUT2D eigenvalue weighted by Gasteiger charge is -2.36. The van der Waals surface area contributed by atoms with E-state index in [0.29, 0.717) is 12.1 Å². The maximum absolute atomic E-state index is 5.47. The molecule has 18 heavy (non-hydrogen) atoms. The molecule has 0 aromatic carbocycles. The fraction of sp³-hybridized carbons (Fsp3) is 0.933. The predicted octanol–water partition coefficient (Wildman–Crippen LogP) is 3.69. The van der Waals surface area contributed by atoms with Crippen molar-refractivity contribution in [3.8, 4) is 0 Å². The number of hydrogen-bond acceptors (Lipinski definition) is 3. The highest BCUT2D eigenvalue weighted by Gasteiger charge is 2.32.